The molecule has 0 saturated carbocycles. The summed E-state index contributed by atoms with van der Waals surface area (Å²) >= 11 is 0. The van der Waals surface area contributed by atoms with Gasteiger partial charge in [-0.25, -0.2) is 4.98 Å². The number of nitrogens with zero attached hydrogens (tertiary/aromatic N) is 5. The molecule has 0 radical (unpaired) electrons. The van der Waals surface area contributed by atoms with Gasteiger partial charge in [0, 0.05) is 51.2 Å². The van der Waals surface area contributed by atoms with Gasteiger partial charge in [-0.1, -0.05) is 24.3 Å². The first kappa shape index (κ1) is 22.1. The number of hydrogen-bond acceptors (Lipinski definition) is 5. The Morgan fingerprint density at radius 2 is 1.65 bits per heavy atom. The molecule has 34 heavy (non-hydrogen) atoms. The van der Waals surface area contributed by atoms with Crippen molar-refractivity contribution in [3.05, 3.63) is 78.1 Å². The van der Waals surface area contributed by atoms with Crippen LogP contribution in [0.2, 0.25) is 0 Å². The smallest absolute Gasteiger partial charge is 0.137 e. The van der Waals surface area contributed by atoms with E-state index in [-0.39, 0.29) is 0 Å². The molecule has 6 nitrogen and oxygen atoms in total. The van der Waals surface area contributed by atoms with Gasteiger partial charge < -0.3 is 14.6 Å². The summed E-state index contributed by atoms with van der Waals surface area (Å²) in [7, 11) is 4.11. The van der Waals surface area contributed by atoms with E-state index < -0.39 is 0 Å². The van der Waals surface area contributed by atoms with Crippen molar-refractivity contribution in [2.75, 3.05) is 45.2 Å². The quantitative estimate of drug-likeness (QED) is 0.488. The zero-order chi connectivity index (χ0) is 23.5. The largest absolute Gasteiger partial charge is 0.378 e. The summed E-state index contributed by atoms with van der Waals surface area (Å²) in [4.78, 5) is 9.65. The second-order valence-electron chi connectivity index (χ2n) is 9.06. The lowest BCUT2D eigenvalue weighted by molar-refractivity contribution is 0.281. The molecule has 0 unspecified atom stereocenters. The normalized spacial score (nSPS) is 14.6. The van der Waals surface area contributed by atoms with Gasteiger partial charge in [0.05, 0.1) is 23.0 Å². The molecule has 4 aromatic rings. The van der Waals surface area contributed by atoms with Crippen LogP contribution < -0.4 is 10.2 Å². The molecule has 1 fully saturated rings. The maximum Gasteiger partial charge on any atom is 0.137 e. The van der Waals surface area contributed by atoms with Crippen molar-refractivity contribution in [3.8, 4) is 28.5 Å². The molecule has 0 aliphatic carbocycles. The monoisotopic (exact) mass is 450 g/mol. The minimum atomic E-state index is 0.663. The SMILES string of the molecule is CN(C)c1ccc(-c2ccc3nc(-c4ccc(C#N)cc4)c(CN4CCCNCC4)n3c2)cc1. The van der Waals surface area contributed by atoms with E-state index in [2.05, 4.69) is 82.3 Å². The number of nitriles is 1. The summed E-state index contributed by atoms with van der Waals surface area (Å²) in [6.07, 6.45) is 3.36. The van der Waals surface area contributed by atoms with Gasteiger partial charge >= 0.3 is 0 Å². The van der Waals surface area contributed by atoms with Gasteiger partial charge in [-0.05, 0) is 67.0 Å². The van der Waals surface area contributed by atoms with Crippen molar-refractivity contribution in [1.29, 1.82) is 5.26 Å². The second kappa shape index (κ2) is 9.68. The van der Waals surface area contributed by atoms with Crippen LogP contribution in [-0.4, -0.2) is 54.6 Å². The van der Waals surface area contributed by atoms with Gasteiger partial charge in [-0.15, -0.1) is 0 Å². The van der Waals surface area contributed by atoms with Crippen LogP contribution >= 0.6 is 0 Å². The molecule has 0 amide bonds. The maximum absolute atomic E-state index is 9.21. The van der Waals surface area contributed by atoms with Gasteiger partial charge in [-0.3, -0.25) is 4.90 Å². The fourth-order valence-corrected chi connectivity index (χ4v) is 4.57. The molecule has 3 heterocycles. The summed E-state index contributed by atoms with van der Waals surface area (Å²) in [5.41, 5.74) is 8.36. The third-order valence-electron chi connectivity index (χ3n) is 6.53. The van der Waals surface area contributed by atoms with E-state index in [1.165, 1.54) is 22.5 Å². The third kappa shape index (κ3) is 4.54. The van der Waals surface area contributed by atoms with Crippen molar-refractivity contribution in [3.63, 3.8) is 0 Å². The second-order valence-corrected chi connectivity index (χ2v) is 9.06. The summed E-state index contributed by atoms with van der Waals surface area (Å²) in [5, 5.41) is 12.7. The van der Waals surface area contributed by atoms with Gasteiger partial charge in [0.15, 0.2) is 0 Å². The third-order valence-corrected chi connectivity index (χ3v) is 6.53. The van der Waals surface area contributed by atoms with Crippen molar-refractivity contribution < 1.29 is 0 Å². The molecule has 1 aliphatic heterocycles. The molecule has 1 saturated heterocycles. The Labute approximate surface area is 201 Å². The highest BCUT2D eigenvalue weighted by Gasteiger charge is 2.19. The molecule has 0 atom stereocenters. The first-order valence-corrected chi connectivity index (χ1v) is 11.8. The Bertz CT molecular complexity index is 1300. The number of hydrogen-bond donors (Lipinski definition) is 1. The molecular weight excluding hydrogens is 420 g/mol. The predicted molar refractivity (Wildman–Crippen MR) is 138 cm³/mol. The fraction of sp³-hybridized carbons (Fsp3) is 0.286. The molecular formula is C28H30N6. The van der Waals surface area contributed by atoms with E-state index in [0.717, 1.165) is 56.0 Å². The van der Waals surface area contributed by atoms with Crippen molar-refractivity contribution in [1.82, 2.24) is 19.6 Å². The van der Waals surface area contributed by atoms with Crippen LogP contribution in [0.4, 0.5) is 5.69 Å². The van der Waals surface area contributed by atoms with Gasteiger partial charge in [0.25, 0.3) is 0 Å². The first-order valence-electron chi connectivity index (χ1n) is 11.8. The van der Waals surface area contributed by atoms with Crippen LogP contribution in [0, 0.1) is 11.3 Å². The lowest BCUT2D eigenvalue weighted by Crippen LogP contribution is -2.28. The molecule has 172 valence electrons. The summed E-state index contributed by atoms with van der Waals surface area (Å²) in [5.74, 6) is 0. The number of aromatic nitrogens is 2. The van der Waals surface area contributed by atoms with Crippen LogP contribution in [0.25, 0.3) is 28.0 Å². The van der Waals surface area contributed by atoms with E-state index >= 15 is 0 Å². The minimum Gasteiger partial charge on any atom is -0.378 e. The van der Waals surface area contributed by atoms with E-state index in [4.69, 9.17) is 4.98 Å². The highest BCUT2D eigenvalue weighted by atomic mass is 15.2. The number of pyridine rings is 1. The van der Waals surface area contributed by atoms with Crippen molar-refractivity contribution in [2.45, 2.75) is 13.0 Å². The number of anilines is 1. The lowest BCUT2D eigenvalue weighted by atomic mass is 10.1. The highest BCUT2D eigenvalue weighted by Crippen LogP contribution is 2.29. The van der Waals surface area contributed by atoms with Gasteiger partial charge in [0.1, 0.15) is 5.65 Å². The number of nitrogens with one attached hydrogen (secondary N) is 1. The van der Waals surface area contributed by atoms with Crippen LogP contribution in [0.5, 0.6) is 0 Å². The number of benzene rings is 2. The Kier molecular flexibility index (Phi) is 6.31. The van der Waals surface area contributed by atoms with E-state index in [1.807, 2.05) is 24.3 Å². The number of fused-ring (bicyclic) bond motifs is 1. The topological polar surface area (TPSA) is 59.6 Å². The molecule has 0 spiro atoms. The average molecular weight is 451 g/mol. The highest BCUT2D eigenvalue weighted by molar-refractivity contribution is 5.71. The average Bonchev–Trinajstić information content (AvgIpc) is 3.03. The Morgan fingerprint density at radius 1 is 0.912 bits per heavy atom. The standard InChI is InChI=1S/C28H30N6/c1-32(2)25-11-8-22(9-12-25)24-10-13-27-31-28(23-6-4-21(18-29)5-7-23)26(34(27)19-24)20-33-16-3-14-30-15-17-33/h4-13,19,30H,3,14-17,20H2,1-2H3. The zero-order valence-electron chi connectivity index (χ0n) is 19.8. The van der Waals surface area contributed by atoms with E-state index in [9.17, 15) is 5.26 Å². The number of rotatable bonds is 5. The minimum absolute atomic E-state index is 0.663. The molecule has 5 rings (SSSR count). The van der Waals surface area contributed by atoms with Gasteiger partial charge in [0.2, 0.25) is 0 Å². The summed E-state index contributed by atoms with van der Waals surface area (Å²) < 4.78 is 2.25. The number of imidazole rings is 1. The molecule has 2 aromatic heterocycles. The van der Waals surface area contributed by atoms with Crippen LogP contribution in [0.3, 0.4) is 0 Å². The molecule has 1 aliphatic rings. The summed E-state index contributed by atoms with van der Waals surface area (Å²) in [6.45, 7) is 5.00. The van der Waals surface area contributed by atoms with Gasteiger partial charge in [-0.2, -0.15) is 5.26 Å². The Balaban J connectivity index is 1.59. The van der Waals surface area contributed by atoms with Crippen molar-refractivity contribution in [2.24, 2.45) is 0 Å². The molecule has 0 bridgehead atoms. The van der Waals surface area contributed by atoms with Crippen LogP contribution in [0.15, 0.2) is 66.9 Å². The van der Waals surface area contributed by atoms with Crippen molar-refractivity contribution >= 4 is 11.3 Å². The predicted octanol–water partition coefficient (Wildman–Crippen LogP) is 4.40. The maximum atomic E-state index is 9.21. The Hall–Kier alpha value is -3.66. The fourth-order valence-electron chi connectivity index (χ4n) is 4.57. The van der Waals surface area contributed by atoms with E-state index in [1.54, 1.807) is 0 Å². The van der Waals surface area contributed by atoms with E-state index in [0.29, 0.717) is 5.56 Å². The Morgan fingerprint density at radius 3 is 2.38 bits per heavy atom. The first-order chi connectivity index (χ1) is 16.6. The zero-order valence-corrected chi connectivity index (χ0v) is 19.8. The van der Waals surface area contributed by atoms with Crippen LogP contribution in [-0.2, 0) is 6.54 Å². The molecule has 1 N–H and O–H groups in total. The van der Waals surface area contributed by atoms with Crippen LogP contribution in [0.1, 0.15) is 17.7 Å². The summed E-state index contributed by atoms with van der Waals surface area (Å²) in [6, 6.07) is 22.9. The lowest BCUT2D eigenvalue weighted by Gasteiger charge is -2.20. The molecule has 6 heteroatoms. The molecule has 2 aromatic carbocycles.